The summed E-state index contributed by atoms with van der Waals surface area (Å²) in [5.41, 5.74) is 1.83. The molecule has 15 heavy (non-hydrogen) atoms. The molecule has 80 valence electrons. The van der Waals surface area contributed by atoms with Crippen LogP contribution in [0.15, 0.2) is 18.2 Å². The van der Waals surface area contributed by atoms with Gasteiger partial charge in [-0.2, -0.15) is 0 Å². The van der Waals surface area contributed by atoms with Gasteiger partial charge in [-0.15, -0.1) is 0 Å². The number of hydrogen-bond acceptors (Lipinski definition) is 2. The molecule has 0 fully saturated rings. The fourth-order valence-electron chi connectivity index (χ4n) is 2.11. The van der Waals surface area contributed by atoms with Crippen LogP contribution in [0.2, 0.25) is 0 Å². The van der Waals surface area contributed by atoms with Gasteiger partial charge in [0.2, 0.25) is 0 Å². The average molecular weight is 206 g/mol. The molecule has 1 N–H and O–H groups in total. The zero-order chi connectivity index (χ0) is 11.1. The normalized spacial score (nSPS) is 16.9. The fraction of sp³-hybridized carbons (Fsp3) is 0.417. The number of ether oxygens (including phenoxy) is 1. The maximum Gasteiger partial charge on any atom is 0.307 e. The Morgan fingerprint density at radius 1 is 1.53 bits per heavy atom. The van der Waals surface area contributed by atoms with Crippen molar-refractivity contribution in [1.82, 2.24) is 0 Å². The second-order valence-electron chi connectivity index (χ2n) is 4.53. The van der Waals surface area contributed by atoms with Crippen molar-refractivity contribution in [2.45, 2.75) is 25.7 Å². The van der Waals surface area contributed by atoms with Crippen molar-refractivity contribution in [2.24, 2.45) is 0 Å². The van der Waals surface area contributed by atoms with Crippen molar-refractivity contribution in [2.75, 3.05) is 6.61 Å². The van der Waals surface area contributed by atoms with E-state index in [9.17, 15) is 4.79 Å². The topological polar surface area (TPSA) is 46.5 Å². The number of rotatable bonds is 2. The van der Waals surface area contributed by atoms with Crippen LogP contribution in [0, 0.1) is 0 Å². The summed E-state index contributed by atoms with van der Waals surface area (Å²) in [4.78, 5) is 10.7. The lowest BCUT2D eigenvalue weighted by atomic mass is 9.83. The Hall–Kier alpha value is -1.51. The SMILES string of the molecule is CC1(C)COc2cccc(CC(=O)O)c21. The molecule has 3 nitrogen and oxygen atoms in total. The lowest BCUT2D eigenvalue weighted by Gasteiger charge is -2.18. The molecule has 0 saturated carbocycles. The van der Waals surface area contributed by atoms with Gasteiger partial charge < -0.3 is 9.84 Å². The Balaban J connectivity index is 2.49. The minimum Gasteiger partial charge on any atom is -0.492 e. The molecule has 1 heterocycles. The highest BCUT2D eigenvalue weighted by atomic mass is 16.5. The number of carbonyl (C=O) groups is 1. The molecule has 1 aliphatic rings. The van der Waals surface area contributed by atoms with Crippen molar-refractivity contribution in [3.05, 3.63) is 29.3 Å². The van der Waals surface area contributed by atoms with Crippen LogP contribution in [0.25, 0.3) is 0 Å². The molecule has 0 amide bonds. The van der Waals surface area contributed by atoms with E-state index in [-0.39, 0.29) is 11.8 Å². The molecule has 0 saturated heterocycles. The second-order valence-corrected chi connectivity index (χ2v) is 4.53. The molecule has 0 radical (unpaired) electrons. The Morgan fingerprint density at radius 3 is 2.93 bits per heavy atom. The number of carboxylic acids is 1. The van der Waals surface area contributed by atoms with Crippen LogP contribution >= 0.6 is 0 Å². The summed E-state index contributed by atoms with van der Waals surface area (Å²) in [6, 6.07) is 5.61. The average Bonchev–Trinajstić information content (AvgIpc) is 2.43. The molecule has 0 bridgehead atoms. The van der Waals surface area contributed by atoms with Gasteiger partial charge in [0, 0.05) is 11.0 Å². The molecule has 2 rings (SSSR count). The number of hydrogen-bond donors (Lipinski definition) is 1. The third-order valence-corrected chi connectivity index (χ3v) is 2.72. The van der Waals surface area contributed by atoms with E-state index < -0.39 is 5.97 Å². The molecular formula is C12H14O3. The fourth-order valence-corrected chi connectivity index (χ4v) is 2.11. The molecule has 0 unspecified atom stereocenters. The van der Waals surface area contributed by atoms with Crippen molar-refractivity contribution in [3.63, 3.8) is 0 Å². The van der Waals surface area contributed by atoms with Gasteiger partial charge in [-0.3, -0.25) is 4.79 Å². The van der Waals surface area contributed by atoms with Crippen LogP contribution in [0.3, 0.4) is 0 Å². The smallest absolute Gasteiger partial charge is 0.307 e. The molecular weight excluding hydrogens is 192 g/mol. The Morgan fingerprint density at radius 2 is 2.27 bits per heavy atom. The molecule has 3 heteroatoms. The van der Waals surface area contributed by atoms with E-state index >= 15 is 0 Å². The van der Waals surface area contributed by atoms with Gasteiger partial charge in [0.05, 0.1) is 13.0 Å². The van der Waals surface area contributed by atoms with Crippen LogP contribution in [0.4, 0.5) is 0 Å². The van der Waals surface area contributed by atoms with E-state index in [1.54, 1.807) is 0 Å². The van der Waals surface area contributed by atoms with Crippen LogP contribution in [-0.2, 0) is 16.6 Å². The first-order valence-electron chi connectivity index (χ1n) is 4.98. The highest BCUT2D eigenvalue weighted by Gasteiger charge is 2.34. The van der Waals surface area contributed by atoms with Crippen molar-refractivity contribution >= 4 is 5.97 Å². The number of aliphatic carboxylic acids is 1. The van der Waals surface area contributed by atoms with Crippen LogP contribution < -0.4 is 4.74 Å². The lowest BCUT2D eigenvalue weighted by Crippen LogP contribution is -2.20. The molecule has 0 aliphatic carbocycles. The van der Waals surface area contributed by atoms with Crippen LogP contribution in [0.1, 0.15) is 25.0 Å². The van der Waals surface area contributed by atoms with Gasteiger partial charge in [-0.25, -0.2) is 0 Å². The van der Waals surface area contributed by atoms with E-state index in [0.717, 1.165) is 16.9 Å². The predicted octanol–water partition coefficient (Wildman–Crippen LogP) is 1.98. The van der Waals surface area contributed by atoms with E-state index in [0.29, 0.717) is 6.61 Å². The Kier molecular flexibility index (Phi) is 2.18. The first-order valence-corrected chi connectivity index (χ1v) is 4.98. The number of benzene rings is 1. The molecule has 1 aliphatic heterocycles. The first kappa shape index (κ1) is 10.0. The number of carboxylic acid groups (broad SMARTS) is 1. The molecule has 1 aromatic carbocycles. The van der Waals surface area contributed by atoms with E-state index in [2.05, 4.69) is 13.8 Å². The zero-order valence-corrected chi connectivity index (χ0v) is 8.91. The minimum atomic E-state index is -0.800. The summed E-state index contributed by atoms with van der Waals surface area (Å²) in [6.45, 7) is 4.77. The van der Waals surface area contributed by atoms with Gasteiger partial charge in [0.15, 0.2) is 0 Å². The maximum absolute atomic E-state index is 10.7. The molecule has 1 aromatic rings. The Labute approximate surface area is 88.7 Å². The van der Waals surface area contributed by atoms with E-state index in [1.165, 1.54) is 0 Å². The van der Waals surface area contributed by atoms with Gasteiger partial charge in [-0.1, -0.05) is 26.0 Å². The maximum atomic E-state index is 10.7. The monoisotopic (exact) mass is 206 g/mol. The summed E-state index contributed by atoms with van der Waals surface area (Å²) >= 11 is 0. The van der Waals surface area contributed by atoms with E-state index in [4.69, 9.17) is 9.84 Å². The largest absolute Gasteiger partial charge is 0.492 e. The first-order chi connectivity index (χ1) is 7.00. The van der Waals surface area contributed by atoms with Gasteiger partial charge in [0.25, 0.3) is 0 Å². The number of fused-ring (bicyclic) bond motifs is 1. The van der Waals surface area contributed by atoms with Crippen LogP contribution in [0.5, 0.6) is 5.75 Å². The summed E-state index contributed by atoms with van der Waals surface area (Å²) in [7, 11) is 0. The van der Waals surface area contributed by atoms with E-state index in [1.807, 2.05) is 18.2 Å². The molecule has 0 atom stereocenters. The van der Waals surface area contributed by atoms with Crippen molar-refractivity contribution in [3.8, 4) is 5.75 Å². The summed E-state index contributed by atoms with van der Waals surface area (Å²) in [5, 5.41) is 8.83. The predicted molar refractivity (Wildman–Crippen MR) is 56.3 cm³/mol. The highest BCUT2D eigenvalue weighted by Crippen LogP contribution is 2.40. The molecule has 0 spiro atoms. The Bertz CT molecular complexity index is 407. The third kappa shape index (κ3) is 1.69. The molecule has 0 aromatic heterocycles. The quantitative estimate of drug-likeness (QED) is 0.804. The highest BCUT2D eigenvalue weighted by molar-refractivity contribution is 5.71. The van der Waals surface area contributed by atoms with Crippen molar-refractivity contribution < 1.29 is 14.6 Å². The minimum absolute atomic E-state index is 0.0654. The lowest BCUT2D eigenvalue weighted by molar-refractivity contribution is -0.136. The summed E-state index contributed by atoms with van der Waals surface area (Å²) in [6.07, 6.45) is 0.0654. The summed E-state index contributed by atoms with van der Waals surface area (Å²) < 4.78 is 5.54. The summed E-state index contributed by atoms with van der Waals surface area (Å²) in [5.74, 6) is 0.0323. The second kappa shape index (κ2) is 3.26. The van der Waals surface area contributed by atoms with Crippen molar-refractivity contribution in [1.29, 1.82) is 0 Å². The zero-order valence-electron chi connectivity index (χ0n) is 8.91. The van der Waals surface area contributed by atoms with Crippen LogP contribution in [-0.4, -0.2) is 17.7 Å². The third-order valence-electron chi connectivity index (χ3n) is 2.72. The van der Waals surface area contributed by atoms with Gasteiger partial charge in [0.1, 0.15) is 5.75 Å². The standard InChI is InChI=1S/C12H14O3/c1-12(2)7-15-9-5-3-4-8(11(9)12)6-10(13)14/h3-5H,6-7H2,1-2H3,(H,13,14). The van der Waals surface area contributed by atoms with Gasteiger partial charge >= 0.3 is 5.97 Å². The van der Waals surface area contributed by atoms with Gasteiger partial charge in [-0.05, 0) is 11.6 Å².